The maximum atomic E-state index is 14.7. The van der Waals surface area contributed by atoms with Crippen LogP contribution in [0.15, 0.2) is 23.2 Å². The summed E-state index contributed by atoms with van der Waals surface area (Å²) in [6, 6.07) is 3.00. The van der Waals surface area contributed by atoms with Gasteiger partial charge in [-0.2, -0.15) is 0 Å². The highest BCUT2D eigenvalue weighted by Gasteiger charge is 2.40. The fourth-order valence-electron chi connectivity index (χ4n) is 4.29. The number of aliphatic imine (C=N–C) groups is 1. The highest BCUT2D eigenvalue weighted by atomic mass is 32.1. The highest BCUT2D eigenvalue weighted by molar-refractivity contribution is 7.17. The summed E-state index contributed by atoms with van der Waals surface area (Å²) in [5.41, 5.74) is 1.60. The van der Waals surface area contributed by atoms with Crippen LogP contribution in [0.4, 0.5) is 13.8 Å². The normalized spacial score (nSPS) is 23.1. The third kappa shape index (κ3) is 3.10. The first-order chi connectivity index (χ1) is 14.0. The molecule has 5 nitrogen and oxygen atoms in total. The van der Waals surface area contributed by atoms with Crippen molar-refractivity contribution in [2.75, 3.05) is 18.5 Å². The number of hydrogen-bond donors (Lipinski definition) is 1. The summed E-state index contributed by atoms with van der Waals surface area (Å²) in [5.74, 6) is -2.26. The third-order valence-corrected chi connectivity index (χ3v) is 6.98. The number of rotatable bonds is 1. The minimum atomic E-state index is -0.752. The molecular weight excluding hydrogens is 398 g/mol. The van der Waals surface area contributed by atoms with Crippen LogP contribution >= 0.6 is 11.3 Å². The van der Waals surface area contributed by atoms with E-state index in [0.29, 0.717) is 49.5 Å². The van der Waals surface area contributed by atoms with Crippen molar-refractivity contribution in [3.8, 4) is 0 Å². The molecule has 1 fully saturated rings. The number of halogens is 2. The van der Waals surface area contributed by atoms with Gasteiger partial charge in [0.2, 0.25) is 5.91 Å². The third-order valence-electron chi connectivity index (χ3n) is 5.77. The van der Waals surface area contributed by atoms with Crippen LogP contribution < -0.4 is 5.32 Å². The number of carbonyl (C=O) groups is 1. The first-order valence-electron chi connectivity index (χ1n) is 9.73. The van der Waals surface area contributed by atoms with Crippen LogP contribution in [-0.2, 0) is 27.1 Å². The predicted octanol–water partition coefficient (Wildman–Crippen LogP) is 3.83. The van der Waals surface area contributed by atoms with Crippen LogP contribution in [0, 0.1) is 11.6 Å². The average Bonchev–Trinajstić information content (AvgIpc) is 3.20. The molecule has 1 N–H and O–H groups in total. The number of benzene rings is 1. The highest BCUT2D eigenvalue weighted by Crippen LogP contribution is 2.44. The van der Waals surface area contributed by atoms with Crippen molar-refractivity contribution in [2.24, 2.45) is 4.99 Å². The molecule has 0 bridgehead atoms. The summed E-state index contributed by atoms with van der Waals surface area (Å²) >= 11 is 1.45. The number of ether oxygens (including phenoxy) is 2. The molecule has 29 heavy (non-hydrogen) atoms. The Balaban J connectivity index is 1.67. The van der Waals surface area contributed by atoms with E-state index >= 15 is 0 Å². The minimum Gasteiger partial charge on any atom is -0.348 e. The van der Waals surface area contributed by atoms with Gasteiger partial charge in [0.15, 0.2) is 5.79 Å². The lowest BCUT2D eigenvalue weighted by Crippen LogP contribution is -2.30. The summed E-state index contributed by atoms with van der Waals surface area (Å²) < 4.78 is 41.1. The van der Waals surface area contributed by atoms with Gasteiger partial charge in [-0.1, -0.05) is 6.07 Å². The van der Waals surface area contributed by atoms with Crippen LogP contribution in [0.2, 0.25) is 0 Å². The monoisotopic (exact) mass is 418 g/mol. The Morgan fingerprint density at radius 1 is 1.14 bits per heavy atom. The number of hydrogen-bond acceptors (Lipinski definition) is 5. The van der Waals surface area contributed by atoms with E-state index in [1.54, 1.807) is 6.92 Å². The number of nitrogens with zero attached hydrogens (tertiary/aromatic N) is 1. The zero-order valence-corrected chi connectivity index (χ0v) is 16.7. The molecule has 2 aliphatic heterocycles. The van der Waals surface area contributed by atoms with Crippen LogP contribution in [0.25, 0.3) is 0 Å². The topological polar surface area (TPSA) is 59.9 Å². The van der Waals surface area contributed by atoms with E-state index in [2.05, 4.69) is 10.3 Å². The Morgan fingerprint density at radius 2 is 1.83 bits per heavy atom. The van der Waals surface area contributed by atoms with Crippen LogP contribution in [0.5, 0.6) is 0 Å². The SMILES string of the molecule is C[C@@H]1N=C(c2c(F)cccc2F)c2c(sc3c2CCC2(CC3)OCCO2)NC1=O. The standard InChI is InChI=1S/C21H20F2N2O3S/c1-11-19(26)25-20-16(18(24-11)17-13(22)3-2-4-14(17)23)12-5-7-21(27-9-10-28-21)8-6-15(12)29-20/h2-4,11H,5-10H2,1H3,(H,25,26)/t11-/m0/s1. The van der Waals surface area contributed by atoms with Crippen LogP contribution in [-0.4, -0.2) is 36.7 Å². The fourth-order valence-corrected chi connectivity index (χ4v) is 5.55. The molecule has 1 atom stereocenters. The summed E-state index contributed by atoms with van der Waals surface area (Å²) in [4.78, 5) is 18.0. The molecule has 0 unspecified atom stereocenters. The number of carbonyl (C=O) groups excluding carboxylic acids is 1. The zero-order chi connectivity index (χ0) is 20.2. The van der Waals surface area contributed by atoms with Crippen LogP contribution in [0.1, 0.15) is 41.3 Å². The second-order valence-electron chi connectivity index (χ2n) is 7.56. The quantitative estimate of drug-likeness (QED) is 0.766. The maximum Gasteiger partial charge on any atom is 0.249 e. The van der Waals surface area contributed by atoms with Crippen molar-refractivity contribution in [1.29, 1.82) is 0 Å². The van der Waals surface area contributed by atoms with Crippen molar-refractivity contribution in [3.05, 3.63) is 51.4 Å². The van der Waals surface area contributed by atoms with Gasteiger partial charge >= 0.3 is 0 Å². The van der Waals surface area contributed by atoms with Gasteiger partial charge in [0.25, 0.3) is 0 Å². The maximum absolute atomic E-state index is 14.7. The first-order valence-corrected chi connectivity index (χ1v) is 10.5. The number of nitrogens with one attached hydrogen (secondary N) is 1. The fraction of sp³-hybridized carbons (Fsp3) is 0.429. The Hall–Kier alpha value is -2.16. The van der Waals surface area contributed by atoms with E-state index in [0.717, 1.165) is 10.4 Å². The number of amides is 1. The van der Waals surface area contributed by atoms with Gasteiger partial charge in [-0.05, 0) is 37.5 Å². The summed E-state index contributed by atoms with van der Waals surface area (Å²) in [7, 11) is 0. The second-order valence-corrected chi connectivity index (χ2v) is 8.66. The number of anilines is 1. The first kappa shape index (κ1) is 18.8. The average molecular weight is 418 g/mol. The van der Waals surface area contributed by atoms with Gasteiger partial charge in [-0.3, -0.25) is 9.79 Å². The minimum absolute atomic E-state index is 0.190. The molecule has 5 rings (SSSR count). The van der Waals surface area contributed by atoms with Crippen molar-refractivity contribution < 1.29 is 23.0 Å². The molecule has 1 aromatic heterocycles. The van der Waals surface area contributed by atoms with Crippen molar-refractivity contribution >= 4 is 28.0 Å². The molecule has 152 valence electrons. The Morgan fingerprint density at radius 3 is 2.55 bits per heavy atom. The van der Waals surface area contributed by atoms with Crippen molar-refractivity contribution in [2.45, 2.75) is 44.4 Å². The van der Waals surface area contributed by atoms with Gasteiger partial charge in [-0.15, -0.1) is 11.3 Å². The Bertz CT molecular complexity index is 1010. The van der Waals surface area contributed by atoms with E-state index in [9.17, 15) is 13.6 Å². The molecule has 1 amide bonds. The van der Waals surface area contributed by atoms with Gasteiger partial charge in [0.1, 0.15) is 22.7 Å². The molecule has 0 radical (unpaired) electrons. The molecule has 1 aromatic carbocycles. The molecule has 3 heterocycles. The number of thiophene rings is 1. The molecule has 8 heteroatoms. The van der Waals surface area contributed by atoms with E-state index in [4.69, 9.17) is 9.47 Å². The van der Waals surface area contributed by atoms with E-state index < -0.39 is 23.5 Å². The molecular formula is C21H20F2N2O3S. The summed E-state index contributed by atoms with van der Waals surface area (Å²) in [6.07, 6.45) is 2.70. The predicted molar refractivity (Wildman–Crippen MR) is 106 cm³/mol. The van der Waals surface area contributed by atoms with Crippen molar-refractivity contribution in [1.82, 2.24) is 0 Å². The number of aryl methyl sites for hydroxylation is 1. The van der Waals surface area contributed by atoms with Crippen LogP contribution in [0.3, 0.4) is 0 Å². The van der Waals surface area contributed by atoms with Gasteiger partial charge in [0.05, 0.1) is 24.5 Å². The van der Waals surface area contributed by atoms with Crippen molar-refractivity contribution in [3.63, 3.8) is 0 Å². The number of fused-ring (bicyclic) bond motifs is 3. The van der Waals surface area contributed by atoms with E-state index in [1.807, 2.05) is 0 Å². The lowest BCUT2D eigenvalue weighted by molar-refractivity contribution is -0.164. The molecule has 1 aliphatic carbocycles. The molecule has 2 aromatic rings. The molecule has 0 saturated carbocycles. The molecule has 1 saturated heterocycles. The Kier molecular flexibility index (Phi) is 4.53. The summed E-state index contributed by atoms with van der Waals surface area (Å²) in [6.45, 7) is 2.78. The van der Waals surface area contributed by atoms with Gasteiger partial charge < -0.3 is 14.8 Å². The Labute approximate surface area is 170 Å². The summed E-state index contributed by atoms with van der Waals surface area (Å²) in [5, 5.41) is 3.51. The largest absolute Gasteiger partial charge is 0.348 e. The zero-order valence-electron chi connectivity index (χ0n) is 15.9. The second kappa shape index (κ2) is 6.97. The smallest absolute Gasteiger partial charge is 0.249 e. The lowest BCUT2D eigenvalue weighted by atomic mass is 9.95. The van der Waals surface area contributed by atoms with E-state index in [-0.39, 0.29) is 17.2 Å². The van der Waals surface area contributed by atoms with E-state index in [1.165, 1.54) is 29.5 Å². The van der Waals surface area contributed by atoms with Gasteiger partial charge in [0, 0.05) is 23.3 Å². The lowest BCUT2D eigenvalue weighted by Gasteiger charge is -2.25. The van der Waals surface area contributed by atoms with Gasteiger partial charge in [-0.25, -0.2) is 8.78 Å². The molecule has 1 spiro atoms. The molecule has 3 aliphatic rings.